The molecule has 0 aromatic carbocycles. The normalized spacial score (nSPS) is 25.1. The fraction of sp³-hybridized carbons (Fsp3) is 0.615. The third-order valence-electron chi connectivity index (χ3n) is 3.48. The van der Waals surface area contributed by atoms with Crippen molar-refractivity contribution in [2.24, 2.45) is 0 Å². The van der Waals surface area contributed by atoms with Gasteiger partial charge in [-0.1, -0.05) is 0 Å². The fourth-order valence-electron chi connectivity index (χ4n) is 2.27. The number of methoxy groups -OCH3 is 1. The Morgan fingerprint density at radius 2 is 2.24 bits per heavy atom. The molecule has 2 rings (SSSR count). The number of aryl methyl sites for hydroxylation is 1. The third-order valence-corrected chi connectivity index (χ3v) is 4.32. The van der Waals surface area contributed by atoms with E-state index in [1.165, 1.54) is 0 Å². The highest BCUT2D eigenvalue weighted by Gasteiger charge is 2.31. The van der Waals surface area contributed by atoms with Gasteiger partial charge in [0, 0.05) is 24.7 Å². The smallest absolute Gasteiger partial charge is 0.128 e. The van der Waals surface area contributed by atoms with E-state index in [2.05, 4.69) is 44.9 Å². The van der Waals surface area contributed by atoms with Crippen molar-refractivity contribution in [3.05, 3.63) is 22.3 Å². The highest BCUT2D eigenvalue weighted by atomic mass is 79.9. The van der Waals surface area contributed by atoms with Crippen LogP contribution in [0.25, 0.3) is 0 Å². The van der Waals surface area contributed by atoms with Gasteiger partial charge in [-0.05, 0) is 54.8 Å². The lowest BCUT2D eigenvalue weighted by Gasteiger charge is -2.40. The number of rotatable bonds is 2. The predicted octanol–water partition coefficient (Wildman–Crippen LogP) is 3.16. The van der Waals surface area contributed by atoms with Gasteiger partial charge in [0.05, 0.1) is 11.3 Å². The summed E-state index contributed by atoms with van der Waals surface area (Å²) in [5.74, 6) is 1.05. The molecule has 17 heavy (non-hydrogen) atoms. The SMILES string of the molecule is COC1(C)CCCN(c2ccc(Br)c(C)n2)C1. The zero-order valence-electron chi connectivity index (χ0n) is 10.7. The highest BCUT2D eigenvalue weighted by Crippen LogP contribution is 2.28. The van der Waals surface area contributed by atoms with Gasteiger partial charge in [-0.25, -0.2) is 4.98 Å². The molecule has 2 heterocycles. The number of hydrogen-bond acceptors (Lipinski definition) is 3. The van der Waals surface area contributed by atoms with Gasteiger partial charge in [-0.15, -0.1) is 0 Å². The summed E-state index contributed by atoms with van der Waals surface area (Å²) in [5.41, 5.74) is 0.994. The lowest BCUT2D eigenvalue weighted by molar-refractivity contribution is -0.00482. The third kappa shape index (κ3) is 2.80. The zero-order chi connectivity index (χ0) is 12.5. The van der Waals surface area contributed by atoms with E-state index in [1.54, 1.807) is 7.11 Å². The van der Waals surface area contributed by atoms with Crippen molar-refractivity contribution in [3.8, 4) is 0 Å². The summed E-state index contributed by atoms with van der Waals surface area (Å²) in [6.07, 6.45) is 2.27. The Balaban J connectivity index is 2.19. The standard InChI is InChI=1S/C13H19BrN2O/c1-10-11(14)5-6-12(15-10)16-8-4-7-13(2,9-16)17-3/h5-6H,4,7-9H2,1-3H3. The van der Waals surface area contributed by atoms with Crippen molar-refractivity contribution in [3.63, 3.8) is 0 Å². The summed E-state index contributed by atoms with van der Waals surface area (Å²) >= 11 is 3.48. The molecule has 3 nitrogen and oxygen atoms in total. The summed E-state index contributed by atoms with van der Waals surface area (Å²) in [6.45, 7) is 6.17. The van der Waals surface area contributed by atoms with Crippen molar-refractivity contribution < 1.29 is 4.74 Å². The van der Waals surface area contributed by atoms with Crippen molar-refractivity contribution in [1.29, 1.82) is 0 Å². The molecule has 1 aromatic rings. The number of hydrogen-bond donors (Lipinski definition) is 0. The van der Waals surface area contributed by atoms with Gasteiger partial charge in [-0.2, -0.15) is 0 Å². The Bertz CT molecular complexity index is 410. The molecule has 0 bridgehead atoms. The fourth-order valence-corrected chi connectivity index (χ4v) is 2.50. The van der Waals surface area contributed by atoms with E-state index >= 15 is 0 Å². The largest absolute Gasteiger partial charge is 0.377 e. The molecule has 0 spiro atoms. The molecule has 94 valence electrons. The second kappa shape index (κ2) is 4.94. The number of ether oxygens (including phenoxy) is 1. The first-order chi connectivity index (χ1) is 8.04. The van der Waals surface area contributed by atoms with E-state index in [-0.39, 0.29) is 5.60 Å². The molecule has 0 N–H and O–H groups in total. The summed E-state index contributed by atoms with van der Waals surface area (Å²) in [7, 11) is 1.80. The van der Waals surface area contributed by atoms with Gasteiger partial charge >= 0.3 is 0 Å². The number of aromatic nitrogens is 1. The Morgan fingerprint density at radius 3 is 2.88 bits per heavy atom. The predicted molar refractivity (Wildman–Crippen MR) is 73.5 cm³/mol. The number of piperidine rings is 1. The van der Waals surface area contributed by atoms with Gasteiger partial charge in [0.15, 0.2) is 0 Å². The molecule has 1 saturated heterocycles. The Labute approximate surface area is 111 Å². The van der Waals surface area contributed by atoms with Crippen molar-refractivity contribution >= 4 is 21.7 Å². The average molecular weight is 299 g/mol. The molecule has 0 amide bonds. The van der Waals surface area contributed by atoms with Crippen LogP contribution in [0.15, 0.2) is 16.6 Å². The van der Waals surface area contributed by atoms with Crippen molar-refractivity contribution in [2.45, 2.75) is 32.3 Å². The van der Waals surface area contributed by atoms with Crippen LogP contribution in [0.1, 0.15) is 25.5 Å². The molecule has 1 aliphatic heterocycles. The second-order valence-corrected chi connectivity index (χ2v) is 5.77. The maximum absolute atomic E-state index is 5.61. The van der Waals surface area contributed by atoms with Crippen LogP contribution in [0.4, 0.5) is 5.82 Å². The van der Waals surface area contributed by atoms with Crippen LogP contribution in [0.5, 0.6) is 0 Å². The summed E-state index contributed by atoms with van der Waals surface area (Å²) in [6, 6.07) is 4.13. The molecule has 4 heteroatoms. The molecule has 0 saturated carbocycles. The number of anilines is 1. The van der Waals surface area contributed by atoms with Crippen LogP contribution in [0.3, 0.4) is 0 Å². The Kier molecular flexibility index (Phi) is 3.73. The molecule has 0 aliphatic carbocycles. The van der Waals surface area contributed by atoms with Crippen LogP contribution in [0, 0.1) is 6.92 Å². The Morgan fingerprint density at radius 1 is 1.47 bits per heavy atom. The van der Waals surface area contributed by atoms with Gasteiger partial charge in [-0.3, -0.25) is 0 Å². The van der Waals surface area contributed by atoms with E-state index in [9.17, 15) is 0 Å². The van der Waals surface area contributed by atoms with E-state index in [4.69, 9.17) is 4.74 Å². The maximum Gasteiger partial charge on any atom is 0.128 e. The molecular weight excluding hydrogens is 280 g/mol. The van der Waals surface area contributed by atoms with Crippen LogP contribution in [0.2, 0.25) is 0 Å². The van der Waals surface area contributed by atoms with Gasteiger partial charge in [0.2, 0.25) is 0 Å². The quantitative estimate of drug-likeness (QED) is 0.839. The first kappa shape index (κ1) is 12.8. The maximum atomic E-state index is 5.61. The minimum atomic E-state index is -0.0408. The van der Waals surface area contributed by atoms with E-state index in [0.717, 1.165) is 41.9 Å². The lowest BCUT2D eigenvalue weighted by Crippen LogP contribution is -2.47. The molecule has 0 radical (unpaired) electrons. The highest BCUT2D eigenvalue weighted by molar-refractivity contribution is 9.10. The average Bonchev–Trinajstić information content (AvgIpc) is 2.33. The van der Waals surface area contributed by atoms with E-state index < -0.39 is 0 Å². The molecular formula is C13H19BrN2O. The molecule has 1 fully saturated rings. The zero-order valence-corrected chi connectivity index (χ0v) is 12.2. The number of nitrogens with zero attached hydrogens (tertiary/aromatic N) is 2. The topological polar surface area (TPSA) is 25.4 Å². The van der Waals surface area contributed by atoms with E-state index in [0.29, 0.717) is 0 Å². The van der Waals surface area contributed by atoms with Gasteiger partial charge < -0.3 is 9.64 Å². The van der Waals surface area contributed by atoms with Gasteiger partial charge in [0.1, 0.15) is 5.82 Å². The Hall–Kier alpha value is -0.610. The number of halogens is 1. The minimum Gasteiger partial charge on any atom is -0.377 e. The number of pyridine rings is 1. The first-order valence-electron chi connectivity index (χ1n) is 5.97. The van der Waals surface area contributed by atoms with Crippen LogP contribution >= 0.6 is 15.9 Å². The van der Waals surface area contributed by atoms with Gasteiger partial charge in [0.25, 0.3) is 0 Å². The molecule has 1 aromatic heterocycles. The summed E-state index contributed by atoms with van der Waals surface area (Å²) in [4.78, 5) is 6.93. The molecule has 1 unspecified atom stereocenters. The minimum absolute atomic E-state index is 0.0408. The molecule has 1 aliphatic rings. The molecule has 1 atom stereocenters. The van der Waals surface area contributed by atoms with E-state index in [1.807, 2.05) is 6.92 Å². The first-order valence-corrected chi connectivity index (χ1v) is 6.77. The summed E-state index contributed by atoms with van der Waals surface area (Å²) < 4.78 is 6.67. The van der Waals surface area contributed by atoms with Crippen LogP contribution in [-0.2, 0) is 4.74 Å². The summed E-state index contributed by atoms with van der Waals surface area (Å²) in [5, 5.41) is 0. The van der Waals surface area contributed by atoms with Crippen LogP contribution < -0.4 is 4.90 Å². The second-order valence-electron chi connectivity index (χ2n) is 4.92. The van der Waals surface area contributed by atoms with Crippen molar-refractivity contribution in [2.75, 3.05) is 25.1 Å². The monoisotopic (exact) mass is 298 g/mol. The van der Waals surface area contributed by atoms with Crippen molar-refractivity contribution in [1.82, 2.24) is 4.98 Å². The van der Waals surface area contributed by atoms with Crippen LogP contribution in [-0.4, -0.2) is 30.8 Å². The lowest BCUT2D eigenvalue weighted by atomic mass is 9.95.